The van der Waals surface area contributed by atoms with Gasteiger partial charge in [-0.05, 0) is 30.5 Å². The first kappa shape index (κ1) is 18.7. The highest BCUT2D eigenvalue weighted by Gasteiger charge is 2.23. The fourth-order valence-electron chi connectivity index (χ4n) is 3.77. The van der Waals surface area contributed by atoms with E-state index in [-0.39, 0.29) is 23.5 Å². The number of nitrogen functional groups attached to an aromatic ring is 1. The Labute approximate surface area is 167 Å². The van der Waals surface area contributed by atoms with Crippen molar-refractivity contribution < 1.29 is 9.72 Å². The Morgan fingerprint density at radius 3 is 2.76 bits per heavy atom. The number of para-hydroxylation sites is 1. The fraction of sp³-hybridized carbons (Fsp3) is 0.300. The lowest BCUT2D eigenvalue weighted by molar-refractivity contribution is -0.384. The second kappa shape index (κ2) is 7.78. The summed E-state index contributed by atoms with van der Waals surface area (Å²) in [6.45, 7) is 1.39. The molecule has 1 amide bonds. The summed E-state index contributed by atoms with van der Waals surface area (Å²) in [7, 11) is 0. The fourth-order valence-corrected chi connectivity index (χ4v) is 3.77. The lowest BCUT2D eigenvalue weighted by Crippen LogP contribution is -2.45. The maximum absolute atomic E-state index is 12.5. The van der Waals surface area contributed by atoms with Gasteiger partial charge in [0.1, 0.15) is 5.82 Å². The number of nitrogens with one attached hydrogen (secondary N) is 2. The molecule has 4 N–H and O–H groups in total. The predicted octanol–water partition coefficient (Wildman–Crippen LogP) is 2.38. The van der Waals surface area contributed by atoms with Crippen LogP contribution in [0.5, 0.6) is 0 Å². The van der Waals surface area contributed by atoms with E-state index in [2.05, 4.69) is 15.3 Å². The molecule has 9 heteroatoms. The van der Waals surface area contributed by atoms with Gasteiger partial charge in [0, 0.05) is 42.3 Å². The van der Waals surface area contributed by atoms with Crippen LogP contribution in [0.25, 0.3) is 10.9 Å². The van der Waals surface area contributed by atoms with Gasteiger partial charge in [-0.15, -0.1) is 0 Å². The van der Waals surface area contributed by atoms with Crippen molar-refractivity contribution in [3.63, 3.8) is 0 Å². The SMILES string of the molecule is Nc1nc(N2CCC(NC(=O)Cc3c[nH]c4ccccc34)CC2)ccc1[N+](=O)[O-]. The van der Waals surface area contributed by atoms with Gasteiger partial charge in [-0.25, -0.2) is 4.98 Å². The Morgan fingerprint density at radius 2 is 2.03 bits per heavy atom. The molecule has 2 aromatic heterocycles. The molecule has 150 valence electrons. The normalized spacial score (nSPS) is 14.8. The van der Waals surface area contributed by atoms with E-state index in [9.17, 15) is 14.9 Å². The smallest absolute Gasteiger partial charge is 0.311 e. The van der Waals surface area contributed by atoms with Crippen molar-refractivity contribution in [2.24, 2.45) is 0 Å². The number of nitro groups is 1. The van der Waals surface area contributed by atoms with E-state index in [1.165, 1.54) is 6.07 Å². The van der Waals surface area contributed by atoms with Crippen LogP contribution in [-0.4, -0.2) is 39.9 Å². The lowest BCUT2D eigenvalue weighted by atomic mass is 10.0. The molecule has 0 bridgehead atoms. The van der Waals surface area contributed by atoms with Gasteiger partial charge in [0.25, 0.3) is 0 Å². The molecule has 4 rings (SSSR count). The Hall–Kier alpha value is -3.62. The van der Waals surface area contributed by atoms with E-state index >= 15 is 0 Å². The number of pyridine rings is 1. The predicted molar refractivity (Wildman–Crippen MR) is 111 cm³/mol. The van der Waals surface area contributed by atoms with Crippen LogP contribution in [0.15, 0.2) is 42.6 Å². The standard InChI is InChI=1S/C20H22N6O3/c21-20-17(26(28)29)5-6-18(24-20)25-9-7-14(8-10-25)23-19(27)11-13-12-22-16-4-2-1-3-15(13)16/h1-6,12,14,22H,7-11H2,(H2,21,24)(H,23,27). The first-order valence-corrected chi connectivity index (χ1v) is 9.51. The zero-order valence-corrected chi connectivity index (χ0v) is 15.8. The first-order chi connectivity index (χ1) is 14.0. The number of hydrogen-bond donors (Lipinski definition) is 3. The van der Waals surface area contributed by atoms with E-state index in [1.54, 1.807) is 6.07 Å². The number of nitrogens with zero attached hydrogens (tertiary/aromatic N) is 3. The van der Waals surface area contributed by atoms with E-state index < -0.39 is 4.92 Å². The number of piperidine rings is 1. The summed E-state index contributed by atoms with van der Waals surface area (Å²) in [6.07, 6.45) is 3.78. The summed E-state index contributed by atoms with van der Waals surface area (Å²) in [5.74, 6) is 0.546. The second-order valence-electron chi connectivity index (χ2n) is 7.20. The van der Waals surface area contributed by atoms with Crippen molar-refractivity contribution in [2.45, 2.75) is 25.3 Å². The van der Waals surface area contributed by atoms with Gasteiger partial charge >= 0.3 is 5.69 Å². The number of carbonyl (C=O) groups excluding carboxylic acids is 1. The third-order valence-corrected chi connectivity index (χ3v) is 5.29. The topological polar surface area (TPSA) is 130 Å². The number of H-pyrrole nitrogens is 1. The highest BCUT2D eigenvalue weighted by Crippen LogP contribution is 2.25. The quantitative estimate of drug-likeness (QED) is 0.450. The summed E-state index contributed by atoms with van der Waals surface area (Å²) >= 11 is 0. The highest BCUT2D eigenvalue weighted by molar-refractivity contribution is 5.88. The zero-order chi connectivity index (χ0) is 20.4. The third kappa shape index (κ3) is 3.98. The molecule has 1 saturated heterocycles. The first-order valence-electron chi connectivity index (χ1n) is 9.51. The van der Waals surface area contributed by atoms with Crippen molar-refractivity contribution in [1.82, 2.24) is 15.3 Å². The number of aromatic nitrogens is 2. The molecule has 1 aliphatic heterocycles. The summed E-state index contributed by atoms with van der Waals surface area (Å²) in [4.78, 5) is 32.2. The van der Waals surface area contributed by atoms with Crippen LogP contribution in [-0.2, 0) is 11.2 Å². The number of rotatable bonds is 5. The molecule has 1 aliphatic rings. The highest BCUT2D eigenvalue weighted by atomic mass is 16.6. The number of aromatic amines is 1. The van der Waals surface area contributed by atoms with E-state index in [1.807, 2.05) is 35.4 Å². The van der Waals surface area contributed by atoms with Crippen LogP contribution in [0.1, 0.15) is 18.4 Å². The van der Waals surface area contributed by atoms with Gasteiger partial charge in [0.05, 0.1) is 11.3 Å². The largest absolute Gasteiger partial charge is 0.378 e. The molecule has 0 spiro atoms. The molecular weight excluding hydrogens is 372 g/mol. The Bertz CT molecular complexity index is 1060. The van der Waals surface area contributed by atoms with Gasteiger partial charge in [-0.1, -0.05) is 18.2 Å². The zero-order valence-electron chi connectivity index (χ0n) is 15.8. The van der Waals surface area contributed by atoms with Crippen molar-refractivity contribution >= 4 is 34.1 Å². The lowest BCUT2D eigenvalue weighted by Gasteiger charge is -2.33. The third-order valence-electron chi connectivity index (χ3n) is 5.29. The van der Waals surface area contributed by atoms with Crippen molar-refractivity contribution in [3.05, 3.63) is 58.3 Å². The Morgan fingerprint density at radius 1 is 1.28 bits per heavy atom. The Kier molecular flexibility index (Phi) is 5.03. The molecule has 0 unspecified atom stereocenters. The van der Waals surface area contributed by atoms with Gasteiger partial charge in [0.2, 0.25) is 11.7 Å². The number of fused-ring (bicyclic) bond motifs is 1. The minimum atomic E-state index is -0.540. The molecule has 1 fully saturated rings. The van der Waals surface area contributed by atoms with Gasteiger partial charge in [0.15, 0.2) is 0 Å². The number of nitrogens with two attached hydrogens (primary N) is 1. The van der Waals surface area contributed by atoms with Crippen LogP contribution in [0.4, 0.5) is 17.3 Å². The molecule has 29 heavy (non-hydrogen) atoms. The van der Waals surface area contributed by atoms with Crippen LogP contribution in [0.2, 0.25) is 0 Å². The molecule has 0 radical (unpaired) electrons. The Balaban J connectivity index is 1.32. The van der Waals surface area contributed by atoms with Gasteiger partial charge < -0.3 is 20.9 Å². The number of benzene rings is 1. The maximum Gasteiger partial charge on any atom is 0.311 e. The monoisotopic (exact) mass is 394 g/mol. The molecule has 3 aromatic rings. The molecular formula is C20H22N6O3. The van der Waals surface area contributed by atoms with E-state index in [4.69, 9.17) is 5.73 Å². The summed E-state index contributed by atoms with van der Waals surface area (Å²) in [5, 5.41) is 15.1. The summed E-state index contributed by atoms with van der Waals surface area (Å²) < 4.78 is 0. The molecule has 1 aromatic carbocycles. The molecule has 9 nitrogen and oxygen atoms in total. The molecule has 0 saturated carbocycles. The minimum absolute atomic E-state index is 0.00547. The van der Waals surface area contributed by atoms with Crippen LogP contribution in [0.3, 0.4) is 0 Å². The van der Waals surface area contributed by atoms with Crippen molar-refractivity contribution in [3.8, 4) is 0 Å². The maximum atomic E-state index is 12.5. The van der Waals surface area contributed by atoms with Gasteiger partial charge in [-0.3, -0.25) is 14.9 Å². The number of anilines is 2. The number of hydrogen-bond acceptors (Lipinski definition) is 6. The summed E-state index contributed by atoms with van der Waals surface area (Å²) in [6, 6.07) is 11.0. The molecule has 3 heterocycles. The average Bonchev–Trinajstić information content (AvgIpc) is 3.11. The average molecular weight is 394 g/mol. The van der Waals surface area contributed by atoms with Gasteiger partial charge in [-0.2, -0.15) is 0 Å². The molecule has 0 aliphatic carbocycles. The van der Waals surface area contributed by atoms with Crippen LogP contribution >= 0.6 is 0 Å². The van der Waals surface area contributed by atoms with E-state index in [0.717, 1.165) is 29.3 Å². The number of carbonyl (C=O) groups is 1. The van der Waals surface area contributed by atoms with Crippen LogP contribution < -0.4 is 16.0 Å². The minimum Gasteiger partial charge on any atom is -0.378 e. The van der Waals surface area contributed by atoms with Crippen molar-refractivity contribution in [1.29, 1.82) is 0 Å². The van der Waals surface area contributed by atoms with E-state index in [0.29, 0.717) is 25.3 Å². The van der Waals surface area contributed by atoms with Crippen LogP contribution in [0, 0.1) is 10.1 Å². The number of amides is 1. The summed E-state index contributed by atoms with van der Waals surface area (Å²) in [5.41, 5.74) is 7.51. The van der Waals surface area contributed by atoms with Crippen molar-refractivity contribution in [2.75, 3.05) is 23.7 Å². The second-order valence-corrected chi connectivity index (χ2v) is 7.20. The molecule has 0 atom stereocenters.